The van der Waals surface area contributed by atoms with Gasteiger partial charge in [-0.3, -0.25) is 19.1 Å². The first-order valence-corrected chi connectivity index (χ1v) is 12.4. The van der Waals surface area contributed by atoms with Gasteiger partial charge in [0.1, 0.15) is 22.9 Å². The molecule has 0 radical (unpaired) electrons. The predicted octanol–water partition coefficient (Wildman–Crippen LogP) is 5.01. The zero-order valence-electron chi connectivity index (χ0n) is 21.2. The van der Waals surface area contributed by atoms with Crippen LogP contribution in [0, 0.1) is 24.2 Å². The zero-order chi connectivity index (χ0) is 27.7. The van der Waals surface area contributed by atoms with Gasteiger partial charge in [-0.2, -0.15) is 0 Å². The van der Waals surface area contributed by atoms with Crippen LogP contribution < -0.4 is 4.31 Å². The number of benzene rings is 2. The molecule has 2 N–H and O–H groups in total. The lowest BCUT2D eigenvalue weighted by Gasteiger charge is -2.19. The molecule has 1 aromatic heterocycles. The van der Waals surface area contributed by atoms with Crippen molar-refractivity contribution in [3.63, 3.8) is 0 Å². The molecule has 3 rings (SSSR count). The second kappa shape index (κ2) is 17.9. The van der Waals surface area contributed by atoms with E-state index in [1.54, 1.807) is 6.07 Å². The van der Waals surface area contributed by atoms with Crippen molar-refractivity contribution in [1.82, 2.24) is 9.97 Å². The normalized spacial score (nSPS) is 10.3. The number of rotatable bonds is 7. The Morgan fingerprint density at radius 3 is 2.11 bits per heavy atom. The average molecular weight is 522 g/mol. The Balaban J connectivity index is 0.00000119. The lowest BCUT2D eigenvalue weighted by Crippen LogP contribution is -2.24. The number of aromatic nitrogens is 2. The third-order valence-electron chi connectivity index (χ3n) is 4.55. The summed E-state index contributed by atoms with van der Waals surface area (Å²) in [6.45, 7) is 6.21. The number of carbonyl (C=O) groups is 1. The van der Waals surface area contributed by atoms with Gasteiger partial charge in [-0.05, 0) is 36.8 Å². The summed E-state index contributed by atoms with van der Waals surface area (Å²) in [5, 5.41) is 14.1. The number of hydrogen-bond donors (Lipinski definition) is 2. The van der Waals surface area contributed by atoms with Crippen LogP contribution in [0.2, 0.25) is 0 Å². The molecule has 0 spiro atoms. The van der Waals surface area contributed by atoms with E-state index in [0.29, 0.717) is 23.2 Å². The molecule has 1 unspecified atom stereocenters. The van der Waals surface area contributed by atoms with Gasteiger partial charge in [-0.15, -0.1) is 0 Å². The number of terminal acetylenes is 1. The molecule has 0 saturated carbocycles. The number of fused-ring (bicyclic) bond motifs is 1. The quantitative estimate of drug-likeness (QED) is 0.335. The van der Waals surface area contributed by atoms with Crippen molar-refractivity contribution in [2.75, 3.05) is 24.2 Å². The van der Waals surface area contributed by atoms with Crippen LogP contribution >= 0.6 is 0 Å². The van der Waals surface area contributed by atoms with Gasteiger partial charge in [0.2, 0.25) is 0 Å². The molecule has 2 aromatic carbocycles. The summed E-state index contributed by atoms with van der Waals surface area (Å²) in [5.74, 6) is -2.49. The Morgan fingerprint density at radius 2 is 1.58 bits per heavy atom. The Labute approximate surface area is 213 Å². The average Bonchev–Trinajstić information content (AvgIpc) is 2.90. The van der Waals surface area contributed by atoms with Crippen LogP contribution in [0.1, 0.15) is 56.0 Å². The molecular formula is C26H33F2N3O4S. The monoisotopic (exact) mass is 521 g/mol. The Morgan fingerprint density at radius 1 is 1.03 bits per heavy atom. The van der Waals surface area contributed by atoms with Crippen molar-refractivity contribution in [2.24, 2.45) is 0 Å². The number of aliphatic hydroxyl groups is 2. The third-order valence-corrected chi connectivity index (χ3v) is 6.12. The lowest BCUT2D eigenvalue weighted by molar-refractivity contribution is 0.103. The van der Waals surface area contributed by atoms with Crippen LogP contribution in [0.25, 0.3) is 11.0 Å². The maximum absolute atomic E-state index is 15.0. The molecule has 10 heteroatoms. The van der Waals surface area contributed by atoms with Crippen molar-refractivity contribution >= 4 is 33.5 Å². The molecule has 0 bridgehead atoms. The van der Waals surface area contributed by atoms with E-state index in [0.717, 1.165) is 13.2 Å². The van der Waals surface area contributed by atoms with Crippen LogP contribution in [0.3, 0.4) is 0 Å². The van der Waals surface area contributed by atoms with Gasteiger partial charge < -0.3 is 10.2 Å². The molecule has 1 heterocycles. The Kier molecular flexibility index (Phi) is 16.2. The second-order valence-electron chi connectivity index (χ2n) is 7.00. The molecule has 0 aliphatic rings. The smallest absolute Gasteiger partial charge is 0.199 e. The fraction of sp³-hybridized carbons (Fsp3) is 0.346. The van der Waals surface area contributed by atoms with E-state index < -0.39 is 34.0 Å². The van der Waals surface area contributed by atoms with E-state index >= 15 is 0 Å². The minimum Gasteiger partial charge on any atom is -0.462 e. The van der Waals surface area contributed by atoms with E-state index in [-0.39, 0.29) is 11.3 Å². The van der Waals surface area contributed by atoms with Crippen LogP contribution in [0.4, 0.5) is 14.5 Å². The second-order valence-corrected chi connectivity index (χ2v) is 8.60. The largest absolute Gasteiger partial charge is 0.462 e. The van der Waals surface area contributed by atoms with Crippen molar-refractivity contribution < 1.29 is 28.0 Å². The van der Waals surface area contributed by atoms with Gasteiger partial charge in [0.25, 0.3) is 0 Å². The topological polar surface area (TPSA) is 104 Å². The molecule has 196 valence electrons. The summed E-state index contributed by atoms with van der Waals surface area (Å²) in [6.07, 6.45) is 11.7. The van der Waals surface area contributed by atoms with Gasteiger partial charge in [0.05, 0.1) is 22.3 Å². The highest BCUT2D eigenvalue weighted by Gasteiger charge is 2.25. The number of anilines is 1. The maximum atomic E-state index is 15.0. The predicted molar refractivity (Wildman–Crippen MR) is 141 cm³/mol. The SMILES string of the molecule is C#CO.CCCC.CCCS(=O)N(C)c1ccc(F)c(C(=O)c2ccc3nccnc3c2)c1F.CO. The maximum Gasteiger partial charge on any atom is 0.199 e. The van der Waals surface area contributed by atoms with E-state index in [1.807, 2.05) is 6.92 Å². The summed E-state index contributed by atoms with van der Waals surface area (Å²) in [4.78, 5) is 21.0. The number of nitrogens with zero attached hydrogens (tertiary/aromatic N) is 3. The van der Waals surface area contributed by atoms with Gasteiger partial charge in [0, 0.05) is 37.9 Å². The standard InChI is InChI=1S/C19H17F2N3O2S.C4H10.C2H2O.CH4O/c1-3-10-27(26)24(2)16-7-5-13(20)17(18(16)21)19(25)12-4-6-14-15(11-12)23-9-8-22-14;1-3-4-2;1-2-3;1-2/h4-9,11H,3,10H2,1-2H3;3-4H2,1-2H3;1,3H;2H,1H3. The molecule has 7 nitrogen and oxygen atoms in total. The van der Waals surface area contributed by atoms with Crippen LogP contribution in [0.15, 0.2) is 42.7 Å². The summed E-state index contributed by atoms with van der Waals surface area (Å²) < 4.78 is 42.6. The minimum atomic E-state index is -1.48. The van der Waals surface area contributed by atoms with Crippen LogP contribution in [-0.4, -0.2) is 50.1 Å². The number of aliphatic hydroxyl groups excluding tert-OH is 2. The Hall–Kier alpha value is -3.42. The molecule has 0 fully saturated rings. The van der Waals surface area contributed by atoms with Crippen molar-refractivity contribution in [1.29, 1.82) is 0 Å². The first-order chi connectivity index (χ1) is 17.3. The van der Waals surface area contributed by atoms with Gasteiger partial charge >= 0.3 is 0 Å². The number of halogens is 2. The number of ketones is 1. The first kappa shape index (κ1) is 32.6. The fourth-order valence-electron chi connectivity index (χ4n) is 2.66. The van der Waals surface area contributed by atoms with E-state index in [2.05, 4.69) is 30.2 Å². The van der Waals surface area contributed by atoms with Crippen molar-refractivity contribution in [2.45, 2.75) is 40.0 Å². The molecule has 36 heavy (non-hydrogen) atoms. The zero-order valence-corrected chi connectivity index (χ0v) is 22.0. The summed E-state index contributed by atoms with van der Waals surface area (Å²) in [7, 11) is 0.970. The summed E-state index contributed by atoms with van der Waals surface area (Å²) in [5.41, 5.74) is 0.332. The molecule has 0 saturated heterocycles. The Bertz CT molecular complexity index is 1170. The molecule has 0 amide bonds. The highest BCUT2D eigenvalue weighted by atomic mass is 32.2. The van der Waals surface area contributed by atoms with Crippen LogP contribution in [-0.2, 0) is 11.0 Å². The van der Waals surface area contributed by atoms with Crippen LogP contribution in [0.5, 0.6) is 0 Å². The summed E-state index contributed by atoms with van der Waals surface area (Å²) >= 11 is 0. The van der Waals surface area contributed by atoms with E-state index in [4.69, 9.17) is 10.2 Å². The summed E-state index contributed by atoms with van der Waals surface area (Å²) in [6, 6.07) is 6.64. The number of hydrogen-bond acceptors (Lipinski definition) is 6. The molecular weight excluding hydrogens is 488 g/mol. The number of carbonyl (C=O) groups excluding carboxylic acids is 1. The highest BCUT2D eigenvalue weighted by Crippen LogP contribution is 2.27. The molecule has 1 atom stereocenters. The van der Waals surface area contributed by atoms with E-state index in [1.165, 1.54) is 60.9 Å². The van der Waals surface area contributed by atoms with Crippen molar-refractivity contribution in [3.8, 4) is 12.5 Å². The molecule has 0 aliphatic heterocycles. The van der Waals surface area contributed by atoms with Gasteiger partial charge in [-0.25, -0.2) is 13.0 Å². The number of unbranched alkanes of at least 4 members (excludes halogenated alkanes) is 1. The van der Waals surface area contributed by atoms with E-state index in [9.17, 15) is 17.8 Å². The first-order valence-electron chi connectivity index (χ1n) is 11.2. The third kappa shape index (κ3) is 9.32. The molecule has 3 aromatic rings. The van der Waals surface area contributed by atoms with Gasteiger partial charge in [0.15, 0.2) is 11.6 Å². The minimum absolute atomic E-state index is 0.0906. The van der Waals surface area contributed by atoms with Gasteiger partial charge in [-0.1, -0.05) is 40.0 Å². The lowest BCUT2D eigenvalue weighted by atomic mass is 10.0. The fourth-order valence-corrected chi connectivity index (χ4v) is 3.65. The molecule has 0 aliphatic carbocycles. The highest BCUT2D eigenvalue weighted by molar-refractivity contribution is 7.86. The van der Waals surface area contributed by atoms with Crippen molar-refractivity contribution in [3.05, 3.63) is 65.5 Å².